The molecule has 0 bridgehead atoms. The Balaban J connectivity index is 2.31. The van der Waals surface area contributed by atoms with E-state index < -0.39 is 0 Å². The number of hydrogen-bond donors (Lipinski definition) is 0. The third-order valence-corrected chi connectivity index (χ3v) is 4.21. The zero-order chi connectivity index (χ0) is 9.31. The van der Waals surface area contributed by atoms with Crippen molar-refractivity contribution in [1.82, 2.24) is 0 Å². The van der Waals surface area contributed by atoms with Crippen molar-refractivity contribution < 1.29 is 0 Å². The Bertz CT molecular complexity index is 241. The molecule has 72 valence electrons. The summed E-state index contributed by atoms with van der Waals surface area (Å²) in [5.41, 5.74) is 2.34. The van der Waals surface area contributed by atoms with E-state index in [4.69, 9.17) is 0 Å². The van der Waals surface area contributed by atoms with Crippen LogP contribution < -0.4 is 0 Å². The largest absolute Gasteiger partial charge is 0.0839 e. The summed E-state index contributed by atoms with van der Waals surface area (Å²) in [6.45, 7) is 4.70. The van der Waals surface area contributed by atoms with Crippen LogP contribution in [0.15, 0.2) is 23.8 Å². The van der Waals surface area contributed by atoms with Crippen molar-refractivity contribution in [2.24, 2.45) is 11.3 Å². The van der Waals surface area contributed by atoms with Gasteiger partial charge in [-0.25, -0.2) is 0 Å². The van der Waals surface area contributed by atoms with Crippen molar-refractivity contribution in [3.63, 3.8) is 0 Å². The summed E-state index contributed by atoms with van der Waals surface area (Å²) >= 11 is 0. The van der Waals surface area contributed by atoms with Gasteiger partial charge in [0, 0.05) is 0 Å². The molecular formula is C13H20. The zero-order valence-electron chi connectivity index (χ0n) is 8.84. The van der Waals surface area contributed by atoms with Crippen LogP contribution in [0.5, 0.6) is 0 Å². The predicted octanol–water partition coefficient (Wildman–Crippen LogP) is 4.09. The first-order valence-electron chi connectivity index (χ1n) is 5.69. The molecule has 2 aliphatic carbocycles. The molecule has 0 N–H and O–H groups in total. The molecule has 0 radical (unpaired) electrons. The standard InChI is InChI=1S/C13H20/c1-3-13(4-2)10-9-11-7-5-6-8-12(11)13/h5-6,8,11H,3-4,7,9-10H2,1-2H3. The Morgan fingerprint density at radius 1 is 1.38 bits per heavy atom. The third-order valence-electron chi connectivity index (χ3n) is 4.21. The summed E-state index contributed by atoms with van der Waals surface area (Å²) in [5.74, 6) is 0.893. The van der Waals surface area contributed by atoms with Crippen molar-refractivity contribution in [2.75, 3.05) is 0 Å². The topological polar surface area (TPSA) is 0 Å². The van der Waals surface area contributed by atoms with Crippen molar-refractivity contribution in [1.29, 1.82) is 0 Å². The molecule has 0 heterocycles. The first-order chi connectivity index (χ1) is 6.32. The normalized spacial score (nSPS) is 30.0. The molecule has 2 aliphatic rings. The SMILES string of the molecule is CCC1(CC)CCC2CC=CC=C21. The molecule has 0 aromatic carbocycles. The second-order valence-corrected chi connectivity index (χ2v) is 4.51. The minimum absolute atomic E-state index is 0.579. The fraction of sp³-hybridized carbons (Fsp3) is 0.692. The number of rotatable bonds is 2. The third kappa shape index (κ3) is 1.27. The van der Waals surface area contributed by atoms with Crippen LogP contribution in [-0.2, 0) is 0 Å². The summed E-state index contributed by atoms with van der Waals surface area (Å²) in [7, 11) is 0. The molecule has 0 amide bonds. The van der Waals surface area contributed by atoms with Gasteiger partial charge in [0.1, 0.15) is 0 Å². The molecular weight excluding hydrogens is 156 g/mol. The van der Waals surface area contributed by atoms with Crippen LogP contribution in [0.2, 0.25) is 0 Å². The number of fused-ring (bicyclic) bond motifs is 1. The van der Waals surface area contributed by atoms with Crippen LogP contribution in [0.25, 0.3) is 0 Å². The first-order valence-corrected chi connectivity index (χ1v) is 5.69. The van der Waals surface area contributed by atoms with Gasteiger partial charge in [-0.1, -0.05) is 37.6 Å². The van der Waals surface area contributed by atoms with E-state index in [1.54, 1.807) is 5.57 Å². The molecule has 1 atom stereocenters. The fourth-order valence-corrected chi connectivity index (χ4v) is 3.17. The van der Waals surface area contributed by atoms with Gasteiger partial charge in [-0.2, -0.15) is 0 Å². The van der Waals surface area contributed by atoms with E-state index in [2.05, 4.69) is 32.1 Å². The smallest absolute Gasteiger partial charge is 0.00871 e. The van der Waals surface area contributed by atoms with Crippen LogP contribution in [0.1, 0.15) is 46.0 Å². The van der Waals surface area contributed by atoms with Crippen molar-refractivity contribution in [3.05, 3.63) is 23.8 Å². The van der Waals surface area contributed by atoms with E-state index in [1.165, 1.54) is 32.1 Å². The Morgan fingerprint density at radius 3 is 2.85 bits per heavy atom. The zero-order valence-corrected chi connectivity index (χ0v) is 8.84. The minimum Gasteiger partial charge on any atom is -0.0839 e. The maximum absolute atomic E-state index is 2.40. The average Bonchev–Trinajstić information content (AvgIpc) is 2.58. The lowest BCUT2D eigenvalue weighted by Crippen LogP contribution is -2.18. The maximum Gasteiger partial charge on any atom is -0.00871 e. The van der Waals surface area contributed by atoms with Gasteiger partial charge in [-0.05, 0) is 43.4 Å². The lowest BCUT2D eigenvalue weighted by Gasteiger charge is -2.30. The van der Waals surface area contributed by atoms with E-state index in [1.807, 2.05) is 0 Å². The van der Waals surface area contributed by atoms with E-state index in [9.17, 15) is 0 Å². The van der Waals surface area contributed by atoms with E-state index in [0.717, 1.165) is 5.92 Å². The van der Waals surface area contributed by atoms with Gasteiger partial charge in [0.2, 0.25) is 0 Å². The molecule has 0 aromatic heterocycles. The van der Waals surface area contributed by atoms with Crippen LogP contribution in [-0.4, -0.2) is 0 Å². The van der Waals surface area contributed by atoms with Gasteiger partial charge in [-0.15, -0.1) is 0 Å². The summed E-state index contributed by atoms with van der Waals surface area (Å²) in [6, 6.07) is 0. The summed E-state index contributed by atoms with van der Waals surface area (Å²) in [6.07, 6.45) is 13.8. The Kier molecular flexibility index (Phi) is 2.31. The van der Waals surface area contributed by atoms with Crippen LogP contribution in [0.3, 0.4) is 0 Å². The highest BCUT2D eigenvalue weighted by atomic mass is 14.4. The fourth-order valence-electron chi connectivity index (χ4n) is 3.17. The van der Waals surface area contributed by atoms with Crippen LogP contribution in [0.4, 0.5) is 0 Å². The van der Waals surface area contributed by atoms with Crippen molar-refractivity contribution >= 4 is 0 Å². The van der Waals surface area contributed by atoms with Crippen molar-refractivity contribution in [2.45, 2.75) is 46.0 Å². The summed E-state index contributed by atoms with van der Waals surface area (Å²) in [4.78, 5) is 0. The molecule has 0 aromatic rings. The number of hydrogen-bond acceptors (Lipinski definition) is 0. The second kappa shape index (κ2) is 3.32. The molecule has 0 aliphatic heterocycles. The van der Waals surface area contributed by atoms with Gasteiger partial charge >= 0.3 is 0 Å². The molecule has 13 heavy (non-hydrogen) atoms. The molecule has 1 unspecified atom stereocenters. The minimum atomic E-state index is 0.579. The Morgan fingerprint density at radius 2 is 2.15 bits per heavy atom. The highest BCUT2D eigenvalue weighted by Crippen LogP contribution is 2.53. The maximum atomic E-state index is 2.40. The predicted molar refractivity (Wildman–Crippen MR) is 57.6 cm³/mol. The van der Waals surface area contributed by atoms with Gasteiger partial charge in [-0.3, -0.25) is 0 Å². The summed E-state index contributed by atoms with van der Waals surface area (Å²) < 4.78 is 0. The quantitative estimate of drug-likeness (QED) is 0.594. The summed E-state index contributed by atoms with van der Waals surface area (Å²) in [5, 5.41) is 0. The Hall–Kier alpha value is -0.520. The Labute approximate surface area is 81.7 Å². The van der Waals surface area contributed by atoms with Gasteiger partial charge < -0.3 is 0 Å². The highest BCUT2D eigenvalue weighted by Gasteiger charge is 2.40. The van der Waals surface area contributed by atoms with E-state index >= 15 is 0 Å². The monoisotopic (exact) mass is 176 g/mol. The van der Waals surface area contributed by atoms with Crippen LogP contribution in [0, 0.1) is 11.3 Å². The first kappa shape index (κ1) is 9.05. The lowest BCUT2D eigenvalue weighted by atomic mass is 9.74. The van der Waals surface area contributed by atoms with Crippen molar-refractivity contribution in [3.8, 4) is 0 Å². The van der Waals surface area contributed by atoms with E-state index in [-0.39, 0.29) is 0 Å². The molecule has 1 saturated carbocycles. The van der Waals surface area contributed by atoms with E-state index in [0.29, 0.717) is 5.41 Å². The molecule has 0 heteroatoms. The second-order valence-electron chi connectivity index (χ2n) is 4.51. The lowest BCUT2D eigenvalue weighted by molar-refractivity contribution is 0.336. The molecule has 0 saturated heterocycles. The van der Waals surface area contributed by atoms with Gasteiger partial charge in [0.25, 0.3) is 0 Å². The molecule has 0 spiro atoms. The highest BCUT2D eigenvalue weighted by molar-refractivity contribution is 5.30. The molecule has 0 nitrogen and oxygen atoms in total. The number of allylic oxidation sites excluding steroid dienone is 4. The van der Waals surface area contributed by atoms with Gasteiger partial charge in [0.05, 0.1) is 0 Å². The molecule has 1 fully saturated rings. The van der Waals surface area contributed by atoms with Crippen LogP contribution >= 0.6 is 0 Å². The van der Waals surface area contributed by atoms with Gasteiger partial charge in [0.15, 0.2) is 0 Å². The average molecular weight is 176 g/mol. The molecule has 2 rings (SSSR count).